The third-order valence-corrected chi connectivity index (χ3v) is 2.25. The number of nitrogens with zero attached hydrogens (tertiary/aromatic N) is 2. The molecular formula is C12H12N4O. The van der Waals surface area contributed by atoms with Crippen LogP contribution < -0.4 is 11.1 Å². The maximum atomic E-state index is 11.9. The van der Waals surface area contributed by atoms with Gasteiger partial charge in [0.2, 0.25) is 0 Å². The van der Waals surface area contributed by atoms with E-state index in [0.717, 1.165) is 5.56 Å². The highest BCUT2D eigenvalue weighted by molar-refractivity contribution is 6.07. The van der Waals surface area contributed by atoms with Gasteiger partial charge in [-0.3, -0.25) is 9.78 Å². The van der Waals surface area contributed by atoms with Gasteiger partial charge in [-0.1, -0.05) is 6.07 Å². The Morgan fingerprint density at radius 3 is 2.76 bits per heavy atom. The van der Waals surface area contributed by atoms with E-state index in [2.05, 4.69) is 15.3 Å². The molecule has 2 rings (SSSR count). The Hall–Kier alpha value is -2.43. The number of hydrogen-bond acceptors (Lipinski definition) is 4. The fraction of sp³-hybridized carbons (Fsp3) is 0.0833. The normalized spacial score (nSPS) is 9.94. The number of carbonyl (C=O) groups excluding carboxylic acids is 1. The summed E-state index contributed by atoms with van der Waals surface area (Å²) in [5.41, 5.74) is 7.42. The van der Waals surface area contributed by atoms with Gasteiger partial charge in [-0.15, -0.1) is 0 Å². The molecule has 0 bridgehead atoms. The molecule has 0 aliphatic rings. The Kier molecular flexibility index (Phi) is 3.00. The first kappa shape index (κ1) is 11.1. The van der Waals surface area contributed by atoms with E-state index in [-0.39, 0.29) is 5.91 Å². The molecule has 5 nitrogen and oxygen atoms in total. The van der Waals surface area contributed by atoms with Crippen molar-refractivity contribution >= 4 is 17.4 Å². The Labute approximate surface area is 98.7 Å². The number of hydrogen-bond donors (Lipinski definition) is 2. The van der Waals surface area contributed by atoms with E-state index in [1.165, 1.54) is 12.4 Å². The molecule has 2 aromatic heterocycles. The summed E-state index contributed by atoms with van der Waals surface area (Å²) in [7, 11) is 0. The second-order valence-corrected chi connectivity index (χ2v) is 3.64. The van der Waals surface area contributed by atoms with Crippen LogP contribution in [0.1, 0.15) is 15.9 Å². The standard InChI is InChI=1S/C12H12N4O/c1-8-2-3-11(15-6-8)16-12(17)9-4-5-14-7-10(9)13/h2-7H,13H2,1H3,(H,15,16,17). The van der Waals surface area contributed by atoms with Crippen LogP contribution in [0.15, 0.2) is 36.8 Å². The molecule has 17 heavy (non-hydrogen) atoms. The summed E-state index contributed by atoms with van der Waals surface area (Å²) in [6, 6.07) is 5.18. The van der Waals surface area contributed by atoms with Crippen LogP contribution in [0.4, 0.5) is 11.5 Å². The molecule has 0 saturated carbocycles. The number of nitrogens with one attached hydrogen (secondary N) is 1. The lowest BCUT2D eigenvalue weighted by Gasteiger charge is -2.06. The zero-order valence-electron chi connectivity index (χ0n) is 9.34. The first-order valence-corrected chi connectivity index (χ1v) is 5.10. The highest BCUT2D eigenvalue weighted by Gasteiger charge is 2.09. The molecule has 0 fully saturated rings. The predicted octanol–water partition coefficient (Wildman–Crippen LogP) is 1.62. The van der Waals surface area contributed by atoms with Crippen LogP contribution in [0.25, 0.3) is 0 Å². The van der Waals surface area contributed by atoms with Crippen LogP contribution in [-0.4, -0.2) is 15.9 Å². The third-order valence-electron chi connectivity index (χ3n) is 2.25. The van der Waals surface area contributed by atoms with Crippen LogP contribution in [0.3, 0.4) is 0 Å². The molecule has 1 amide bonds. The molecule has 86 valence electrons. The van der Waals surface area contributed by atoms with Crippen molar-refractivity contribution in [2.24, 2.45) is 0 Å². The van der Waals surface area contributed by atoms with Crippen molar-refractivity contribution < 1.29 is 4.79 Å². The number of anilines is 2. The van der Waals surface area contributed by atoms with Gasteiger partial charge in [0.05, 0.1) is 17.4 Å². The number of aromatic nitrogens is 2. The number of nitrogen functional groups attached to an aromatic ring is 1. The van der Waals surface area contributed by atoms with Crippen molar-refractivity contribution in [3.8, 4) is 0 Å². The van der Waals surface area contributed by atoms with Gasteiger partial charge in [-0.2, -0.15) is 0 Å². The van der Waals surface area contributed by atoms with E-state index in [1.807, 2.05) is 13.0 Å². The highest BCUT2D eigenvalue weighted by Crippen LogP contribution is 2.11. The molecule has 5 heteroatoms. The third kappa shape index (κ3) is 2.57. The van der Waals surface area contributed by atoms with E-state index in [0.29, 0.717) is 17.1 Å². The lowest BCUT2D eigenvalue weighted by atomic mass is 10.2. The fourth-order valence-electron chi connectivity index (χ4n) is 1.34. The molecule has 0 aromatic carbocycles. The van der Waals surface area contributed by atoms with Gasteiger partial charge in [-0.05, 0) is 24.6 Å². The highest BCUT2D eigenvalue weighted by atomic mass is 16.1. The van der Waals surface area contributed by atoms with E-state index in [1.54, 1.807) is 18.3 Å². The van der Waals surface area contributed by atoms with E-state index >= 15 is 0 Å². The minimum atomic E-state index is -0.291. The second kappa shape index (κ2) is 4.61. The average molecular weight is 228 g/mol. The van der Waals surface area contributed by atoms with Crippen LogP contribution in [0.5, 0.6) is 0 Å². The van der Waals surface area contributed by atoms with Crippen molar-refractivity contribution in [3.05, 3.63) is 47.9 Å². The van der Waals surface area contributed by atoms with Crippen molar-refractivity contribution in [2.45, 2.75) is 6.92 Å². The van der Waals surface area contributed by atoms with Gasteiger partial charge >= 0.3 is 0 Å². The SMILES string of the molecule is Cc1ccc(NC(=O)c2ccncc2N)nc1. The van der Waals surface area contributed by atoms with Crippen LogP contribution in [-0.2, 0) is 0 Å². The maximum absolute atomic E-state index is 11.9. The molecule has 3 N–H and O–H groups in total. The lowest BCUT2D eigenvalue weighted by Crippen LogP contribution is -2.14. The number of nitrogens with two attached hydrogens (primary N) is 1. The van der Waals surface area contributed by atoms with Crippen molar-refractivity contribution in [1.82, 2.24) is 9.97 Å². The summed E-state index contributed by atoms with van der Waals surface area (Å²) in [4.78, 5) is 19.8. The van der Waals surface area contributed by atoms with Crippen molar-refractivity contribution in [1.29, 1.82) is 0 Å². The van der Waals surface area contributed by atoms with E-state index in [4.69, 9.17) is 5.73 Å². The van der Waals surface area contributed by atoms with Crippen molar-refractivity contribution in [2.75, 3.05) is 11.1 Å². The molecule has 0 atom stereocenters. The monoisotopic (exact) mass is 228 g/mol. The molecular weight excluding hydrogens is 216 g/mol. The van der Waals surface area contributed by atoms with E-state index < -0.39 is 0 Å². The zero-order chi connectivity index (χ0) is 12.3. The summed E-state index contributed by atoms with van der Waals surface area (Å²) in [5, 5.41) is 2.67. The van der Waals surface area contributed by atoms with Gasteiger partial charge in [0.25, 0.3) is 5.91 Å². The van der Waals surface area contributed by atoms with Crippen molar-refractivity contribution in [3.63, 3.8) is 0 Å². The first-order chi connectivity index (χ1) is 8.16. The molecule has 0 saturated heterocycles. The number of pyridine rings is 2. The zero-order valence-corrected chi connectivity index (χ0v) is 9.34. The molecule has 0 spiro atoms. The van der Waals surface area contributed by atoms with Crippen LogP contribution in [0.2, 0.25) is 0 Å². The van der Waals surface area contributed by atoms with Gasteiger partial charge in [0.15, 0.2) is 0 Å². The van der Waals surface area contributed by atoms with Gasteiger partial charge in [0, 0.05) is 12.4 Å². The summed E-state index contributed by atoms with van der Waals surface area (Å²) < 4.78 is 0. The van der Waals surface area contributed by atoms with Gasteiger partial charge in [0.1, 0.15) is 5.82 Å². The summed E-state index contributed by atoms with van der Waals surface area (Å²) in [6.07, 6.45) is 4.65. The summed E-state index contributed by atoms with van der Waals surface area (Å²) in [6.45, 7) is 1.93. The number of rotatable bonds is 2. The number of aryl methyl sites for hydroxylation is 1. The average Bonchev–Trinajstić information content (AvgIpc) is 2.32. The topological polar surface area (TPSA) is 80.9 Å². The Morgan fingerprint density at radius 1 is 1.29 bits per heavy atom. The first-order valence-electron chi connectivity index (χ1n) is 5.10. The minimum Gasteiger partial charge on any atom is -0.397 e. The summed E-state index contributed by atoms with van der Waals surface area (Å²) in [5.74, 6) is 0.207. The Morgan fingerprint density at radius 2 is 2.12 bits per heavy atom. The maximum Gasteiger partial charge on any atom is 0.259 e. The Bertz CT molecular complexity index is 536. The minimum absolute atomic E-state index is 0.291. The quantitative estimate of drug-likeness (QED) is 0.818. The molecule has 0 radical (unpaired) electrons. The molecule has 0 unspecified atom stereocenters. The van der Waals surface area contributed by atoms with E-state index in [9.17, 15) is 4.79 Å². The number of carbonyl (C=O) groups is 1. The fourth-order valence-corrected chi connectivity index (χ4v) is 1.34. The van der Waals surface area contributed by atoms with Gasteiger partial charge in [-0.25, -0.2) is 4.98 Å². The molecule has 0 aliphatic heterocycles. The number of amides is 1. The largest absolute Gasteiger partial charge is 0.397 e. The lowest BCUT2D eigenvalue weighted by molar-refractivity contribution is 0.102. The summed E-state index contributed by atoms with van der Waals surface area (Å²) >= 11 is 0. The van der Waals surface area contributed by atoms with Crippen LogP contribution >= 0.6 is 0 Å². The predicted molar refractivity (Wildman–Crippen MR) is 65.6 cm³/mol. The molecule has 0 aliphatic carbocycles. The molecule has 2 aromatic rings. The Balaban J connectivity index is 2.17. The smallest absolute Gasteiger partial charge is 0.259 e. The van der Waals surface area contributed by atoms with Crippen LogP contribution in [0, 0.1) is 6.92 Å². The van der Waals surface area contributed by atoms with Gasteiger partial charge < -0.3 is 11.1 Å². The molecule has 2 heterocycles. The second-order valence-electron chi connectivity index (χ2n) is 3.64.